The van der Waals surface area contributed by atoms with Crippen molar-refractivity contribution >= 4 is 34.9 Å². The maximum atomic E-state index is 13.0. The lowest BCUT2D eigenvalue weighted by Gasteiger charge is -2.47. The van der Waals surface area contributed by atoms with Crippen LogP contribution in [-0.4, -0.2) is 34.3 Å². The van der Waals surface area contributed by atoms with Crippen LogP contribution in [-0.2, 0) is 23.1 Å². The molecular formula is C40H48Cl2N2O4. The van der Waals surface area contributed by atoms with E-state index >= 15 is 0 Å². The molecule has 0 radical (unpaired) electrons. The molecule has 1 heterocycles. The summed E-state index contributed by atoms with van der Waals surface area (Å²) >= 11 is 13.2. The minimum atomic E-state index is -1.06. The number of nitrogens with zero attached hydrogens (tertiary/aromatic N) is 1. The minimum Gasteiger partial charge on any atom is -0.493 e. The van der Waals surface area contributed by atoms with Gasteiger partial charge in [-0.1, -0.05) is 43.1 Å². The first kappa shape index (κ1) is 33.5. The lowest BCUT2D eigenvalue weighted by molar-refractivity contribution is -0.144. The molecule has 3 atom stereocenters. The number of fused-ring (bicyclic) bond motifs is 3. The first-order valence-corrected chi connectivity index (χ1v) is 18.8. The van der Waals surface area contributed by atoms with Gasteiger partial charge in [0.25, 0.3) is 0 Å². The van der Waals surface area contributed by atoms with Crippen LogP contribution in [0.4, 0.5) is 5.69 Å². The Morgan fingerprint density at radius 3 is 2.58 bits per heavy atom. The van der Waals surface area contributed by atoms with E-state index in [4.69, 9.17) is 32.7 Å². The van der Waals surface area contributed by atoms with Gasteiger partial charge in [0.05, 0.1) is 17.7 Å². The SMILES string of the molecule is C[C@@H](COc1ccnc2c1[C@H](C)CCC2)CC1Cc2cc(Cl)c(OC3CCCC3)cc2C12CCC(Nc1cccc(Cl)c1)(C(=O)O)CC2. The molecule has 0 amide bonds. The lowest BCUT2D eigenvalue weighted by atomic mass is 9.59. The number of carbonyl (C=O) groups is 1. The molecule has 1 spiro atoms. The van der Waals surface area contributed by atoms with Gasteiger partial charge in [-0.2, -0.15) is 0 Å². The highest BCUT2D eigenvalue weighted by Gasteiger charge is 2.54. The number of aryl methyl sites for hydroxylation is 1. The summed E-state index contributed by atoms with van der Waals surface area (Å²) in [6.07, 6.45) is 14.4. The summed E-state index contributed by atoms with van der Waals surface area (Å²) in [7, 11) is 0. The Hall–Kier alpha value is -2.96. The van der Waals surface area contributed by atoms with Crippen LogP contribution in [0.25, 0.3) is 0 Å². The number of pyridine rings is 1. The number of ether oxygens (including phenoxy) is 2. The molecule has 256 valence electrons. The summed E-state index contributed by atoms with van der Waals surface area (Å²) in [5.41, 5.74) is 4.56. The Bertz CT molecular complexity index is 1650. The Morgan fingerprint density at radius 2 is 1.83 bits per heavy atom. The molecule has 4 aliphatic carbocycles. The molecule has 3 aromatic rings. The molecular weight excluding hydrogens is 643 g/mol. The van der Waals surface area contributed by atoms with E-state index < -0.39 is 11.5 Å². The third-order valence-electron chi connectivity index (χ3n) is 11.9. The highest BCUT2D eigenvalue weighted by Crippen LogP contribution is 2.57. The normalized spacial score (nSPS) is 27.3. The van der Waals surface area contributed by atoms with E-state index in [1.54, 1.807) is 12.1 Å². The number of aliphatic carboxylic acids is 1. The molecule has 2 N–H and O–H groups in total. The van der Waals surface area contributed by atoms with Crippen molar-refractivity contribution in [1.82, 2.24) is 4.98 Å². The van der Waals surface area contributed by atoms with Gasteiger partial charge in [-0.25, -0.2) is 4.79 Å². The fourth-order valence-electron chi connectivity index (χ4n) is 9.38. The number of carboxylic acids is 1. The van der Waals surface area contributed by atoms with Crippen LogP contribution in [0.15, 0.2) is 48.7 Å². The van der Waals surface area contributed by atoms with Gasteiger partial charge in [0, 0.05) is 28.2 Å². The van der Waals surface area contributed by atoms with Crippen LogP contribution in [0, 0.1) is 11.8 Å². The number of benzene rings is 2. The summed E-state index contributed by atoms with van der Waals surface area (Å²) in [4.78, 5) is 17.6. The highest BCUT2D eigenvalue weighted by atomic mass is 35.5. The third-order valence-corrected chi connectivity index (χ3v) is 12.5. The standard InChI is InChI=1S/C40H48Cl2N2O4/c1-25(24-47-35-13-18-43-34-12-5-7-26(2)37(34)35)19-28-20-27-21-33(42)36(48-31-10-3-4-11-31)23-32(27)39(28)14-16-40(17-15-39,38(45)46)44-30-9-6-8-29(41)22-30/h6,8-9,13,18,21-23,25-26,28,31,44H,3-5,7,10-12,14-17,19-20,24H2,1-2H3,(H,45,46)/t25-,26-,28?,39?,40?/m1/s1. The number of carboxylic acid groups (broad SMARTS) is 1. The van der Waals surface area contributed by atoms with Gasteiger partial charge in [0.15, 0.2) is 0 Å². The molecule has 1 aromatic heterocycles. The quantitative estimate of drug-likeness (QED) is 0.220. The Kier molecular flexibility index (Phi) is 9.60. The molecule has 2 saturated carbocycles. The Labute approximate surface area is 294 Å². The van der Waals surface area contributed by atoms with Gasteiger partial charge >= 0.3 is 5.97 Å². The summed E-state index contributed by atoms with van der Waals surface area (Å²) < 4.78 is 13.1. The molecule has 48 heavy (non-hydrogen) atoms. The molecule has 2 aromatic carbocycles. The third kappa shape index (κ3) is 6.52. The van der Waals surface area contributed by atoms with Crippen molar-refractivity contribution in [3.63, 3.8) is 0 Å². The summed E-state index contributed by atoms with van der Waals surface area (Å²) in [6.45, 7) is 5.21. The number of halogens is 2. The van der Waals surface area contributed by atoms with E-state index in [1.165, 1.54) is 48.1 Å². The van der Waals surface area contributed by atoms with Gasteiger partial charge in [-0.3, -0.25) is 4.98 Å². The molecule has 8 heteroatoms. The van der Waals surface area contributed by atoms with Crippen molar-refractivity contribution in [2.75, 3.05) is 11.9 Å². The average Bonchev–Trinajstić information content (AvgIpc) is 3.67. The average molecular weight is 692 g/mol. The number of rotatable bonds is 10. The van der Waals surface area contributed by atoms with Crippen LogP contribution in [0.1, 0.15) is 113 Å². The zero-order chi connectivity index (χ0) is 33.5. The van der Waals surface area contributed by atoms with Gasteiger partial charge < -0.3 is 19.9 Å². The highest BCUT2D eigenvalue weighted by molar-refractivity contribution is 6.32. The molecule has 0 aliphatic heterocycles. The molecule has 0 bridgehead atoms. The van der Waals surface area contributed by atoms with Crippen LogP contribution >= 0.6 is 23.2 Å². The zero-order valence-electron chi connectivity index (χ0n) is 28.2. The van der Waals surface area contributed by atoms with E-state index in [0.717, 1.165) is 62.1 Å². The van der Waals surface area contributed by atoms with Crippen molar-refractivity contribution < 1.29 is 19.4 Å². The molecule has 1 unspecified atom stereocenters. The molecule has 0 saturated heterocycles. The van der Waals surface area contributed by atoms with Crippen LogP contribution < -0.4 is 14.8 Å². The van der Waals surface area contributed by atoms with Crippen molar-refractivity contribution in [2.24, 2.45) is 11.8 Å². The maximum absolute atomic E-state index is 13.0. The first-order chi connectivity index (χ1) is 23.2. The fraction of sp³-hybridized carbons (Fsp3) is 0.550. The predicted molar refractivity (Wildman–Crippen MR) is 192 cm³/mol. The van der Waals surface area contributed by atoms with Crippen LogP contribution in [0.2, 0.25) is 10.0 Å². The minimum absolute atomic E-state index is 0.165. The van der Waals surface area contributed by atoms with Gasteiger partial charge in [0.1, 0.15) is 17.0 Å². The van der Waals surface area contributed by atoms with Crippen molar-refractivity contribution in [3.8, 4) is 11.5 Å². The number of aromatic nitrogens is 1. The monoisotopic (exact) mass is 690 g/mol. The Morgan fingerprint density at radius 1 is 1.04 bits per heavy atom. The second-order valence-corrected chi connectivity index (χ2v) is 16.0. The van der Waals surface area contributed by atoms with Crippen LogP contribution in [0.5, 0.6) is 11.5 Å². The van der Waals surface area contributed by atoms with E-state index in [-0.39, 0.29) is 11.5 Å². The lowest BCUT2D eigenvalue weighted by Crippen LogP contribution is -2.53. The first-order valence-electron chi connectivity index (χ1n) is 18.0. The second-order valence-electron chi connectivity index (χ2n) is 15.2. The maximum Gasteiger partial charge on any atom is 0.329 e. The summed E-state index contributed by atoms with van der Waals surface area (Å²) in [5.74, 6) is 2.06. The van der Waals surface area contributed by atoms with Crippen molar-refractivity contribution in [1.29, 1.82) is 0 Å². The van der Waals surface area contributed by atoms with Gasteiger partial charge in [0.2, 0.25) is 0 Å². The topological polar surface area (TPSA) is 80.7 Å². The van der Waals surface area contributed by atoms with E-state index in [9.17, 15) is 9.90 Å². The van der Waals surface area contributed by atoms with E-state index in [2.05, 4.69) is 36.3 Å². The zero-order valence-corrected chi connectivity index (χ0v) is 29.7. The number of nitrogens with one attached hydrogen (secondary N) is 1. The molecule has 2 fully saturated rings. The fourth-order valence-corrected chi connectivity index (χ4v) is 9.80. The summed E-state index contributed by atoms with van der Waals surface area (Å²) in [5, 5.41) is 15.3. The largest absolute Gasteiger partial charge is 0.493 e. The number of hydrogen-bond donors (Lipinski definition) is 2. The van der Waals surface area contributed by atoms with Gasteiger partial charge in [-0.05, 0) is 154 Å². The van der Waals surface area contributed by atoms with E-state index in [0.29, 0.717) is 47.2 Å². The smallest absolute Gasteiger partial charge is 0.329 e. The van der Waals surface area contributed by atoms with Crippen LogP contribution in [0.3, 0.4) is 0 Å². The molecule has 7 rings (SSSR count). The van der Waals surface area contributed by atoms with Crippen molar-refractivity contribution in [3.05, 3.63) is 81.1 Å². The summed E-state index contributed by atoms with van der Waals surface area (Å²) in [6, 6.07) is 13.8. The predicted octanol–water partition coefficient (Wildman–Crippen LogP) is 10.2. The Balaban J connectivity index is 1.15. The van der Waals surface area contributed by atoms with Crippen molar-refractivity contribution in [2.45, 2.75) is 120 Å². The second kappa shape index (κ2) is 13.7. The van der Waals surface area contributed by atoms with Gasteiger partial charge in [-0.15, -0.1) is 0 Å². The molecule has 4 aliphatic rings. The van der Waals surface area contributed by atoms with E-state index in [1.807, 2.05) is 24.4 Å². The molecule has 6 nitrogen and oxygen atoms in total. The number of anilines is 1. The number of hydrogen-bond acceptors (Lipinski definition) is 5.